The lowest BCUT2D eigenvalue weighted by atomic mass is 9.87. The van der Waals surface area contributed by atoms with Crippen LogP contribution in [0, 0.1) is 5.41 Å². The van der Waals surface area contributed by atoms with Crippen molar-refractivity contribution >= 4 is 21.4 Å². The number of rotatable bonds is 5. The molecule has 18 heavy (non-hydrogen) atoms. The number of hydrogen-bond donors (Lipinski definition) is 2. The molecule has 1 fully saturated rings. The van der Waals surface area contributed by atoms with E-state index in [9.17, 15) is 5.11 Å². The van der Waals surface area contributed by atoms with Gasteiger partial charge in [-0.3, -0.25) is 0 Å². The van der Waals surface area contributed by atoms with Crippen molar-refractivity contribution in [3.8, 4) is 0 Å². The van der Waals surface area contributed by atoms with Gasteiger partial charge in [0.2, 0.25) is 0 Å². The number of aliphatic hydroxyl groups is 1. The molecule has 3 rings (SSSR count). The summed E-state index contributed by atoms with van der Waals surface area (Å²) in [7, 11) is 0. The fourth-order valence-electron chi connectivity index (χ4n) is 2.27. The maximum Gasteiger partial charge on any atom is 0.0579 e. The molecule has 0 amide bonds. The lowest BCUT2D eigenvalue weighted by Gasteiger charge is -2.40. The molecule has 1 aromatic carbocycles. The van der Waals surface area contributed by atoms with Crippen molar-refractivity contribution in [1.82, 2.24) is 5.32 Å². The van der Waals surface area contributed by atoms with E-state index in [4.69, 9.17) is 4.74 Å². The number of thiophene rings is 1. The minimum Gasteiger partial charge on any atom is -0.396 e. The highest BCUT2D eigenvalue weighted by Gasteiger charge is 2.37. The number of benzene rings is 1. The van der Waals surface area contributed by atoms with Crippen LogP contribution in [0.15, 0.2) is 29.6 Å². The summed E-state index contributed by atoms with van der Waals surface area (Å²) >= 11 is 1.78. The molecule has 3 nitrogen and oxygen atoms in total. The molecule has 0 radical (unpaired) electrons. The predicted octanol–water partition coefficient (Wildman–Crippen LogP) is 2.00. The molecular formula is C14H17NO2S. The molecule has 0 saturated carbocycles. The van der Waals surface area contributed by atoms with Gasteiger partial charge in [0.25, 0.3) is 0 Å². The molecule has 1 aliphatic heterocycles. The van der Waals surface area contributed by atoms with Crippen LogP contribution in [-0.2, 0) is 11.3 Å². The number of ether oxygens (including phenoxy) is 1. The average Bonchev–Trinajstić information content (AvgIpc) is 2.76. The monoisotopic (exact) mass is 263 g/mol. The topological polar surface area (TPSA) is 41.5 Å². The first-order valence-electron chi connectivity index (χ1n) is 6.17. The largest absolute Gasteiger partial charge is 0.396 e. The Morgan fingerprint density at radius 2 is 2.17 bits per heavy atom. The van der Waals surface area contributed by atoms with Crippen molar-refractivity contribution in [2.75, 3.05) is 26.4 Å². The first-order chi connectivity index (χ1) is 8.83. The minimum absolute atomic E-state index is 0.0498. The van der Waals surface area contributed by atoms with Crippen LogP contribution in [0.2, 0.25) is 0 Å². The van der Waals surface area contributed by atoms with E-state index >= 15 is 0 Å². The van der Waals surface area contributed by atoms with Gasteiger partial charge < -0.3 is 15.2 Å². The van der Waals surface area contributed by atoms with Crippen LogP contribution in [-0.4, -0.2) is 31.5 Å². The Bertz CT molecular complexity index is 528. The van der Waals surface area contributed by atoms with Gasteiger partial charge in [-0.25, -0.2) is 0 Å². The summed E-state index contributed by atoms with van der Waals surface area (Å²) in [6, 6.07) is 8.46. The van der Waals surface area contributed by atoms with Gasteiger partial charge in [-0.05, 0) is 22.4 Å². The van der Waals surface area contributed by atoms with Crippen LogP contribution < -0.4 is 5.32 Å². The standard InChI is InChI=1S/C14H17NO2S/c16-8-14(9-17-10-14)7-15-5-11-6-18-13-4-2-1-3-12(11)13/h1-4,6,15-16H,5,7-10H2. The molecule has 1 aliphatic rings. The Hall–Kier alpha value is -0.940. The second-order valence-electron chi connectivity index (χ2n) is 5.01. The first kappa shape index (κ1) is 12.1. The van der Waals surface area contributed by atoms with Crippen molar-refractivity contribution < 1.29 is 9.84 Å². The lowest BCUT2D eigenvalue weighted by Crippen LogP contribution is -2.52. The first-order valence-corrected chi connectivity index (χ1v) is 7.05. The van der Waals surface area contributed by atoms with Gasteiger partial charge in [0.05, 0.1) is 25.2 Å². The quantitative estimate of drug-likeness (QED) is 0.867. The summed E-state index contributed by atoms with van der Waals surface area (Å²) in [5.74, 6) is 0. The summed E-state index contributed by atoms with van der Waals surface area (Å²) in [5, 5.41) is 16.3. The predicted molar refractivity (Wildman–Crippen MR) is 73.9 cm³/mol. The summed E-state index contributed by atoms with van der Waals surface area (Å²) in [6.07, 6.45) is 0. The fourth-order valence-corrected chi connectivity index (χ4v) is 3.23. The van der Waals surface area contributed by atoms with Gasteiger partial charge in [-0.15, -0.1) is 11.3 Å². The minimum atomic E-state index is -0.0498. The van der Waals surface area contributed by atoms with Gasteiger partial charge in [0.1, 0.15) is 0 Å². The van der Waals surface area contributed by atoms with Crippen molar-refractivity contribution in [3.05, 3.63) is 35.2 Å². The Kier molecular flexibility index (Phi) is 3.35. The van der Waals surface area contributed by atoms with Crippen molar-refractivity contribution in [3.63, 3.8) is 0 Å². The molecule has 0 atom stereocenters. The Labute approximate surface area is 110 Å². The SMILES string of the molecule is OCC1(CNCc2csc3ccccc23)COC1. The molecule has 2 N–H and O–H groups in total. The second-order valence-corrected chi connectivity index (χ2v) is 5.92. The van der Waals surface area contributed by atoms with Crippen molar-refractivity contribution in [1.29, 1.82) is 0 Å². The zero-order chi connectivity index (χ0) is 12.4. The normalized spacial score (nSPS) is 17.8. The van der Waals surface area contributed by atoms with Crippen LogP contribution in [0.5, 0.6) is 0 Å². The molecule has 4 heteroatoms. The van der Waals surface area contributed by atoms with E-state index < -0.39 is 0 Å². The van der Waals surface area contributed by atoms with E-state index in [1.165, 1.54) is 15.6 Å². The highest BCUT2D eigenvalue weighted by Crippen LogP contribution is 2.27. The highest BCUT2D eigenvalue weighted by molar-refractivity contribution is 7.17. The van der Waals surface area contributed by atoms with E-state index in [1.807, 2.05) is 0 Å². The number of nitrogens with one attached hydrogen (secondary N) is 1. The van der Waals surface area contributed by atoms with E-state index in [0.717, 1.165) is 13.1 Å². The fraction of sp³-hybridized carbons (Fsp3) is 0.429. The summed E-state index contributed by atoms with van der Waals surface area (Å²) < 4.78 is 6.52. The van der Waals surface area contributed by atoms with Crippen molar-refractivity contribution in [2.24, 2.45) is 5.41 Å². The maximum absolute atomic E-state index is 9.35. The molecule has 0 spiro atoms. The van der Waals surface area contributed by atoms with Crippen LogP contribution >= 0.6 is 11.3 Å². The molecule has 2 heterocycles. The summed E-state index contributed by atoms with van der Waals surface area (Å²) in [6.45, 7) is 3.20. The Morgan fingerprint density at radius 1 is 1.33 bits per heavy atom. The Balaban J connectivity index is 1.63. The molecule has 2 aromatic rings. The third kappa shape index (κ3) is 2.17. The smallest absolute Gasteiger partial charge is 0.0579 e. The molecule has 0 bridgehead atoms. The summed E-state index contributed by atoms with van der Waals surface area (Å²) in [4.78, 5) is 0. The molecule has 1 aromatic heterocycles. The highest BCUT2D eigenvalue weighted by atomic mass is 32.1. The van der Waals surface area contributed by atoms with E-state index in [1.54, 1.807) is 11.3 Å². The average molecular weight is 263 g/mol. The van der Waals surface area contributed by atoms with Gasteiger partial charge in [-0.2, -0.15) is 0 Å². The molecule has 96 valence electrons. The van der Waals surface area contributed by atoms with E-state index in [0.29, 0.717) is 13.2 Å². The third-order valence-electron chi connectivity index (χ3n) is 3.53. The maximum atomic E-state index is 9.35. The van der Waals surface area contributed by atoms with Gasteiger partial charge in [-0.1, -0.05) is 18.2 Å². The van der Waals surface area contributed by atoms with E-state index in [2.05, 4.69) is 35.0 Å². The van der Waals surface area contributed by atoms with Crippen LogP contribution in [0.4, 0.5) is 0 Å². The third-order valence-corrected chi connectivity index (χ3v) is 4.54. The zero-order valence-electron chi connectivity index (χ0n) is 10.2. The van der Waals surface area contributed by atoms with Crippen LogP contribution in [0.3, 0.4) is 0 Å². The van der Waals surface area contributed by atoms with Crippen molar-refractivity contribution in [2.45, 2.75) is 6.54 Å². The van der Waals surface area contributed by atoms with Crippen LogP contribution in [0.25, 0.3) is 10.1 Å². The van der Waals surface area contributed by atoms with Gasteiger partial charge >= 0.3 is 0 Å². The van der Waals surface area contributed by atoms with Gasteiger partial charge in [0, 0.05) is 17.8 Å². The second kappa shape index (κ2) is 4.97. The molecule has 1 saturated heterocycles. The van der Waals surface area contributed by atoms with E-state index in [-0.39, 0.29) is 12.0 Å². The summed E-state index contributed by atoms with van der Waals surface area (Å²) in [5.41, 5.74) is 1.29. The number of hydrogen-bond acceptors (Lipinski definition) is 4. The molecular weight excluding hydrogens is 246 g/mol. The number of aliphatic hydroxyl groups excluding tert-OH is 1. The lowest BCUT2D eigenvalue weighted by molar-refractivity contribution is -0.134. The van der Waals surface area contributed by atoms with Crippen LogP contribution in [0.1, 0.15) is 5.56 Å². The molecule has 0 aliphatic carbocycles. The Morgan fingerprint density at radius 3 is 2.89 bits per heavy atom. The zero-order valence-corrected chi connectivity index (χ0v) is 11.0. The van der Waals surface area contributed by atoms with Gasteiger partial charge in [0.15, 0.2) is 0 Å². The molecule has 0 unspecified atom stereocenters. The number of fused-ring (bicyclic) bond motifs is 1.